The summed E-state index contributed by atoms with van der Waals surface area (Å²) < 4.78 is 97.6. The molecule has 0 saturated carbocycles. The normalized spacial score (nSPS) is 17.2. The van der Waals surface area contributed by atoms with Gasteiger partial charge >= 0.3 is 0 Å². The SMILES string of the molecule is CS(=O)(=O)OCCCN(CCCOCc1ccccc1)C1COc2c(F)ccc(F)c2C1S(=O)(=O)c1ccc(Cl)cc1. The monoisotopic (exact) mass is 643 g/mol. The molecule has 0 spiro atoms. The maximum Gasteiger partial charge on any atom is 0.264 e. The Kier molecular flexibility index (Phi) is 11.0. The van der Waals surface area contributed by atoms with Crippen LogP contribution in [0.3, 0.4) is 0 Å². The summed E-state index contributed by atoms with van der Waals surface area (Å²) in [5, 5.41) is -1.21. The van der Waals surface area contributed by atoms with Gasteiger partial charge in [0, 0.05) is 24.7 Å². The largest absolute Gasteiger partial charge is 0.488 e. The average molecular weight is 644 g/mol. The van der Waals surface area contributed by atoms with Gasteiger partial charge in [-0.2, -0.15) is 8.42 Å². The molecular formula is C29H32ClF2NO7S2. The number of hydrogen-bond acceptors (Lipinski definition) is 8. The molecule has 13 heteroatoms. The van der Waals surface area contributed by atoms with Gasteiger partial charge in [0.25, 0.3) is 10.1 Å². The van der Waals surface area contributed by atoms with Crippen molar-refractivity contribution < 1.29 is 39.3 Å². The Morgan fingerprint density at radius 3 is 2.21 bits per heavy atom. The lowest BCUT2D eigenvalue weighted by atomic mass is 9.99. The summed E-state index contributed by atoms with van der Waals surface area (Å²) in [5.41, 5.74) is 0.607. The summed E-state index contributed by atoms with van der Waals surface area (Å²) in [4.78, 5) is 1.67. The molecule has 42 heavy (non-hydrogen) atoms. The van der Waals surface area contributed by atoms with Gasteiger partial charge < -0.3 is 9.47 Å². The van der Waals surface area contributed by atoms with Gasteiger partial charge in [-0.15, -0.1) is 0 Å². The molecule has 1 heterocycles. The second kappa shape index (κ2) is 14.2. The van der Waals surface area contributed by atoms with Gasteiger partial charge in [0.15, 0.2) is 21.4 Å². The first-order chi connectivity index (χ1) is 20.0. The van der Waals surface area contributed by atoms with E-state index in [9.17, 15) is 21.2 Å². The number of fused-ring (bicyclic) bond motifs is 1. The van der Waals surface area contributed by atoms with E-state index in [-0.39, 0.29) is 36.6 Å². The molecule has 0 fully saturated rings. The first kappa shape index (κ1) is 32.3. The zero-order chi connectivity index (χ0) is 30.3. The molecule has 0 radical (unpaired) electrons. The minimum atomic E-state index is -4.30. The maximum absolute atomic E-state index is 15.3. The summed E-state index contributed by atoms with van der Waals surface area (Å²) in [5.74, 6) is -2.23. The van der Waals surface area contributed by atoms with Crippen molar-refractivity contribution in [3.05, 3.63) is 94.5 Å². The van der Waals surface area contributed by atoms with E-state index < -0.39 is 48.6 Å². The van der Waals surface area contributed by atoms with Crippen LogP contribution in [0.15, 0.2) is 71.6 Å². The third-order valence-electron chi connectivity index (χ3n) is 6.81. The Balaban J connectivity index is 1.63. The van der Waals surface area contributed by atoms with Crippen molar-refractivity contribution >= 4 is 31.6 Å². The Morgan fingerprint density at radius 1 is 0.905 bits per heavy atom. The van der Waals surface area contributed by atoms with Gasteiger partial charge in [-0.1, -0.05) is 41.9 Å². The molecule has 0 amide bonds. The zero-order valence-corrected chi connectivity index (χ0v) is 25.3. The van der Waals surface area contributed by atoms with Crippen LogP contribution in [0.5, 0.6) is 5.75 Å². The van der Waals surface area contributed by atoms with Crippen LogP contribution in [0.4, 0.5) is 8.78 Å². The topological polar surface area (TPSA) is 99.2 Å². The number of benzene rings is 3. The standard InChI is InChI=1S/C29H32ClF2NO7S2/c1-41(34,35)40-18-6-16-33(15-5-17-38-19-21-7-3-2-4-8-21)26-20-39-28-25(32)14-13-24(31)27(28)29(26)42(36,37)23-11-9-22(30)10-12-23/h2-4,7-14,26,29H,5-6,15-20H2,1H3. The van der Waals surface area contributed by atoms with Gasteiger partial charge in [0.05, 0.1) is 36.0 Å². The van der Waals surface area contributed by atoms with Crippen molar-refractivity contribution in [1.29, 1.82) is 0 Å². The van der Waals surface area contributed by atoms with Crippen LogP contribution in [-0.4, -0.2) is 66.9 Å². The molecule has 1 aliphatic heterocycles. The van der Waals surface area contributed by atoms with Crippen LogP contribution in [0.1, 0.15) is 29.2 Å². The molecule has 4 rings (SSSR count). The Morgan fingerprint density at radius 2 is 1.55 bits per heavy atom. The lowest BCUT2D eigenvalue weighted by Crippen LogP contribution is -2.49. The number of sulfone groups is 1. The minimum absolute atomic E-state index is 0.107. The zero-order valence-electron chi connectivity index (χ0n) is 22.9. The predicted octanol–water partition coefficient (Wildman–Crippen LogP) is 5.17. The summed E-state index contributed by atoms with van der Waals surface area (Å²) >= 11 is 5.98. The summed E-state index contributed by atoms with van der Waals surface area (Å²) in [7, 11) is -7.98. The molecule has 0 N–H and O–H groups in total. The molecule has 0 aliphatic carbocycles. The Hall–Kier alpha value is -2.61. The van der Waals surface area contributed by atoms with Crippen LogP contribution in [0.25, 0.3) is 0 Å². The predicted molar refractivity (Wildman–Crippen MR) is 155 cm³/mol. The van der Waals surface area contributed by atoms with Gasteiger partial charge in [-0.25, -0.2) is 17.2 Å². The van der Waals surface area contributed by atoms with Gasteiger partial charge in [-0.3, -0.25) is 9.08 Å². The van der Waals surface area contributed by atoms with Crippen molar-refractivity contribution in [1.82, 2.24) is 4.90 Å². The van der Waals surface area contributed by atoms with Crippen LogP contribution in [-0.2, 0) is 35.5 Å². The highest BCUT2D eigenvalue weighted by Gasteiger charge is 2.46. The first-order valence-electron chi connectivity index (χ1n) is 13.3. The first-order valence-corrected chi connectivity index (χ1v) is 17.0. The van der Waals surface area contributed by atoms with E-state index >= 15 is 4.39 Å². The lowest BCUT2D eigenvalue weighted by molar-refractivity contribution is 0.0771. The van der Waals surface area contributed by atoms with E-state index in [1.807, 2.05) is 30.3 Å². The second-order valence-corrected chi connectivity index (χ2v) is 14.0. The number of rotatable bonds is 14. The number of halogens is 3. The van der Waals surface area contributed by atoms with Crippen LogP contribution >= 0.6 is 11.6 Å². The highest BCUT2D eigenvalue weighted by Crippen LogP contribution is 2.44. The van der Waals surface area contributed by atoms with E-state index in [1.165, 1.54) is 24.3 Å². The van der Waals surface area contributed by atoms with E-state index in [4.69, 9.17) is 25.3 Å². The fourth-order valence-electron chi connectivity index (χ4n) is 4.89. The molecule has 2 unspecified atom stereocenters. The van der Waals surface area contributed by atoms with Crippen molar-refractivity contribution in [3.63, 3.8) is 0 Å². The Bertz CT molecular complexity index is 1560. The van der Waals surface area contributed by atoms with Crippen molar-refractivity contribution in [2.75, 3.05) is 39.2 Å². The minimum Gasteiger partial charge on any atom is -0.488 e. The van der Waals surface area contributed by atoms with Crippen molar-refractivity contribution in [2.45, 2.75) is 35.6 Å². The molecule has 228 valence electrons. The quantitative estimate of drug-likeness (QED) is 0.175. The molecule has 8 nitrogen and oxygen atoms in total. The smallest absolute Gasteiger partial charge is 0.264 e. The van der Waals surface area contributed by atoms with Crippen molar-refractivity contribution in [3.8, 4) is 5.75 Å². The van der Waals surface area contributed by atoms with E-state index in [0.717, 1.165) is 24.0 Å². The van der Waals surface area contributed by atoms with E-state index in [2.05, 4.69) is 0 Å². The van der Waals surface area contributed by atoms with Crippen molar-refractivity contribution in [2.24, 2.45) is 0 Å². The molecule has 0 aromatic heterocycles. The molecule has 1 aliphatic rings. The molecule has 0 bridgehead atoms. The fourth-order valence-corrected chi connectivity index (χ4v) is 7.44. The second-order valence-electron chi connectivity index (χ2n) is 9.88. The maximum atomic E-state index is 15.3. The molecule has 2 atom stereocenters. The summed E-state index contributed by atoms with van der Waals surface area (Å²) in [6.45, 7) is 0.847. The van der Waals surface area contributed by atoms with Crippen LogP contribution < -0.4 is 4.74 Å². The van der Waals surface area contributed by atoms with Gasteiger partial charge in [-0.05, 0) is 54.8 Å². The number of ether oxygens (including phenoxy) is 2. The summed E-state index contributed by atoms with van der Waals surface area (Å²) in [6.07, 6.45) is 1.63. The highest BCUT2D eigenvalue weighted by atomic mass is 35.5. The molecular weight excluding hydrogens is 612 g/mol. The number of hydrogen-bond donors (Lipinski definition) is 0. The van der Waals surface area contributed by atoms with Gasteiger partial charge in [0.2, 0.25) is 0 Å². The Labute approximate surface area is 250 Å². The molecule has 0 saturated heterocycles. The summed E-state index contributed by atoms with van der Waals surface area (Å²) in [6, 6.07) is 15.9. The number of nitrogens with zero attached hydrogens (tertiary/aromatic N) is 1. The molecule has 3 aromatic carbocycles. The average Bonchev–Trinajstić information content (AvgIpc) is 2.95. The molecule has 3 aromatic rings. The lowest BCUT2D eigenvalue weighted by Gasteiger charge is -2.40. The third-order valence-corrected chi connectivity index (χ3v) is 9.80. The van der Waals surface area contributed by atoms with E-state index in [0.29, 0.717) is 31.2 Å². The van der Waals surface area contributed by atoms with Gasteiger partial charge in [0.1, 0.15) is 17.7 Å². The van der Waals surface area contributed by atoms with E-state index in [1.54, 1.807) is 4.90 Å². The van der Waals surface area contributed by atoms with Crippen LogP contribution in [0, 0.1) is 11.6 Å². The fraction of sp³-hybridized carbons (Fsp3) is 0.379. The third kappa shape index (κ3) is 8.27. The highest BCUT2D eigenvalue weighted by molar-refractivity contribution is 7.91. The van der Waals surface area contributed by atoms with Crippen LogP contribution in [0.2, 0.25) is 5.02 Å².